The third-order valence-corrected chi connectivity index (χ3v) is 5.74. The van der Waals surface area contributed by atoms with Crippen LogP contribution in [-0.4, -0.2) is 35.1 Å². The molecule has 1 heterocycles. The lowest BCUT2D eigenvalue weighted by Crippen LogP contribution is -2.50. The van der Waals surface area contributed by atoms with E-state index >= 15 is 0 Å². The number of carboxylic acids is 1. The van der Waals surface area contributed by atoms with Crippen LogP contribution in [0.1, 0.15) is 59.3 Å². The van der Waals surface area contributed by atoms with Gasteiger partial charge in [-0.1, -0.05) is 20.8 Å². The van der Waals surface area contributed by atoms with Gasteiger partial charge in [-0.15, -0.1) is 0 Å². The van der Waals surface area contributed by atoms with Gasteiger partial charge in [-0.05, 0) is 63.5 Å². The number of hydrogen-bond acceptors (Lipinski definition) is 2. The Balaban J connectivity index is 1.94. The topological polar surface area (TPSA) is 40.5 Å². The van der Waals surface area contributed by atoms with E-state index in [0.717, 1.165) is 44.2 Å². The zero-order valence-corrected chi connectivity index (χ0v) is 12.7. The smallest absolute Gasteiger partial charge is 0.309 e. The van der Waals surface area contributed by atoms with Gasteiger partial charge in [-0.3, -0.25) is 4.79 Å². The van der Waals surface area contributed by atoms with Crippen molar-refractivity contribution in [2.75, 3.05) is 13.1 Å². The number of nitrogens with zero attached hydrogens (tertiary/aromatic N) is 1. The van der Waals surface area contributed by atoms with E-state index in [2.05, 4.69) is 18.7 Å². The van der Waals surface area contributed by atoms with Crippen molar-refractivity contribution in [3.63, 3.8) is 0 Å². The van der Waals surface area contributed by atoms with E-state index in [1.807, 2.05) is 6.92 Å². The first-order valence-electron chi connectivity index (χ1n) is 7.96. The number of carbonyl (C=O) groups is 1. The second-order valence-corrected chi connectivity index (χ2v) is 6.94. The molecule has 0 radical (unpaired) electrons. The van der Waals surface area contributed by atoms with Crippen LogP contribution in [0.3, 0.4) is 0 Å². The van der Waals surface area contributed by atoms with E-state index in [-0.39, 0.29) is 0 Å². The second-order valence-electron chi connectivity index (χ2n) is 6.94. The molecule has 3 heteroatoms. The molecule has 1 aliphatic heterocycles. The van der Waals surface area contributed by atoms with Crippen LogP contribution in [0, 0.1) is 17.3 Å². The number of piperidine rings is 1. The van der Waals surface area contributed by atoms with Crippen molar-refractivity contribution in [2.24, 2.45) is 17.3 Å². The quantitative estimate of drug-likeness (QED) is 0.852. The molecule has 110 valence electrons. The SMILES string of the molecule is CCC1(C(=O)O)CCN(C2CCC(C)CC2C)CC1. The Kier molecular flexibility index (Phi) is 4.54. The second kappa shape index (κ2) is 5.82. The Bertz CT molecular complexity index is 321. The fourth-order valence-corrected chi connectivity index (χ4v) is 4.19. The molecule has 1 aliphatic carbocycles. The standard InChI is InChI=1S/C16H29NO2/c1-4-16(15(18)19)7-9-17(10-8-16)14-6-5-12(2)11-13(14)3/h12-14H,4-11H2,1-3H3,(H,18,19). The summed E-state index contributed by atoms with van der Waals surface area (Å²) in [6.45, 7) is 8.70. The van der Waals surface area contributed by atoms with Crippen LogP contribution in [0.25, 0.3) is 0 Å². The van der Waals surface area contributed by atoms with Gasteiger partial charge in [0.25, 0.3) is 0 Å². The first-order chi connectivity index (χ1) is 8.98. The fraction of sp³-hybridized carbons (Fsp3) is 0.938. The molecule has 3 unspecified atom stereocenters. The van der Waals surface area contributed by atoms with Gasteiger partial charge in [0.2, 0.25) is 0 Å². The van der Waals surface area contributed by atoms with Gasteiger partial charge in [-0.25, -0.2) is 0 Å². The number of hydrogen-bond donors (Lipinski definition) is 1. The molecule has 3 nitrogen and oxygen atoms in total. The van der Waals surface area contributed by atoms with Crippen LogP contribution >= 0.6 is 0 Å². The number of likely N-dealkylation sites (tertiary alicyclic amines) is 1. The van der Waals surface area contributed by atoms with Crippen LogP contribution in [0.15, 0.2) is 0 Å². The molecule has 0 amide bonds. The number of rotatable bonds is 3. The highest BCUT2D eigenvalue weighted by atomic mass is 16.4. The van der Waals surface area contributed by atoms with Crippen LogP contribution < -0.4 is 0 Å². The molecular weight excluding hydrogens is 238 g/mol. The molecule has 2 fully saturated rings. The monoisotopic (exact) mass is 267 g/mol. The zero-order valence-electron chi connectivity index (χ0n) is 12.7. The third-order valence-electron chi connectivity index (χ3n) is 5.74. The minimum atomic E-state index is -0.583. The van der Waals surface area contributed by atoms with Crippen molar-refractivity contribution in [1.82, 2.24) is 4.90 Å². The van der Waals surface area contributed by atoms with Gasteiger partial charge in [0, 0.05) is 6.04 Å². The Morgan fingerprint density at radius 3 is 2.37 bits per heavy atom. The highest BCUT2D eigenvalue weighted by Gasteiger charge is 2.42. The van der Waals surface area contributed by atoms with E-state index in [9.17, 15) is 9.90 Å². The summed E-state index contributed by atoms with van der Waals surface area (Å²) in [5.74, 6) is 1.05. The number of carboxylic acid groups (broad SMARTS) is 1. The first-order valence-corrected chi connectivity index (χ1v) is 7.96. The summed E-state index contributed by atoms with van der Waals surface area (Å²) >= 11 is 0. The molecule has 0 spiro atoms. The van der Waals surface area contributed by atoms with Gasteiger partial charge >= 0.3 is 5.97 Å². The van der Waals surface area contributed by atoms with Gasteiger partial charge in [0.15, 0.2) is 0 Å². The maximum atomic E-state index is 11.5. The molecule has 2 rings (SSSR count). The average molecular weight is 267 g/mol. The van der Waals surface area contributed by atoms with Crippen molar-refractivity contribution in [3.8, 4) is 0 Å². The molecule has 3 atom stereocenters. The molecular formula is C16H29NO2. The van der Waals surface area contributed by atoms with Gasteiger partial charge in [0.1, 0.15) is 0 Å². The molecule has 1 N–H and O–H groups in total. The van der Waals surface area contributed by atoms with Gasteiger partial charge in [-0.2, -0.15) is 0 Å². The van der Waals surface area contributed by atoms with Crippen LogP contribution in [-0.2, 0) is 4.79 Å². The summed E-state index contributed by atoms with van der Waals surface area (Å²) < 4.78 is 0. The average Bonchev–Trinajstić information content (AvgIpc) is 2.39. The van der Waals surface area contributed by atoms with E-state index in [1.54, 1.807) is 0 Å². The van der Waals surface area contributed by atoms with Crippen LogP contribution in [0.4, 0.5) is 0 Å². The maximum Gasteiger partial charge on any atom is 0.309 e. The fourth-order valence-electron chi connectivity index (χ4n) is 4.19. The van der Waals surface area contributed by atoms with E-state index in [0.29, 0.717) is 6.04 Å². The lowest BCUT2D eigenvalue weighted by Gasteiger charge is -2.46. The summed E-state index contributed by atoms with van der Waals surface area (Å²) in [6, 6.07) is 0.694. The molecule has 1 saturated carbocycles. The van der Waals surface area contributed by atoms with Gasteiger partial charge < -0.3 is 10.0 Å². The molecule has 1 saturated heterocycles. The predicted octanol–water partition coefficient (Wildman–Crippen LogP) is 3.39. The molecule has 0 bridgehead atoms. The Morgan fingerprint density at radius 1 is 1.26 bits per heavy atom. The third kappa shape index (κ3) is 2.96. The van der Waals surface area contributed by atoms with Crippen molar-refractivity contribution in [3.05, 3.63) is 0 Å². The van der Waals surface area contributed by atoms with E-state index in [1.165, 1.54) is 19.3 Å². The van der Waals surface area contributed by atoms with E-state index in [4.69, 9.17) is 0 Å². The summed E-state index contributed by atoms with van der Waals surface area (Å²) in [7, 11) is 0. The molecule has 2 aliphatic rings. The van der Waals surface area contributed by atoms with Crippen LogP contribution in [0.5, 0.6) is 0 Å². The highest BCUT2D eigenvalue weighted by Crippen LogP contribution is 2.39. The minimum absolute atomic E-state index is 0.443. The lowest BCUT2D eigenvalue weighted by atomic mass is 9.74. The van der Waals surface area contributed by atoms with Crippen LogP contribution in [0.2, 0.25) is 0 Å². The minimum Gasteiger partial charge on any atom is -0.481 e. The molecule has 19 heavy (non-hydrogen) atoms. The largest absolute Gasteiger partial charge is 0.481 e. The summed E-state index contributed by atoms with van der Waals surface area (Å²) in [6.07, 6.45) is 6.40. The zero-order chi connectivity index (χ0) is 14.0. The molecule has 0 aromatic heterocycles. The maximum absolute atomic E-state index is 11.5. The van der Waals surface area contributed by atoms with E-state index < -0.39 is 11.4 Å². The molecule has 0 aromatic rings. The molecule has 0 aromatic carbocycles. The van der Waals surface area contributed by atoms with Crippen molar-refractivity contribution >= 4 is 5.97 Å². The Morgan fingerprint density at radius 2 is 1.89 bits per heavy atom. The first kappa shape index (κ1) is 14.8. The Labute approximate surface area is 117 Å². The Hall–Kier alpha value is -0.570. The van der Waals surface area contributed by atoms with Crippen molar-refractivity contribution in [2.45, 2.75) is 65.3 Å². The summed E-state index contributed by atoms with van der Waals surface area (Å²) in [5.41, 5.74) is -0.443. The summed E-state index contributed by atoms with van der Waals surface area (Å²) in [5, 5.41) is 9.45. The van der Waals surface area contributed by atoms with Crippen molar-refractivity contribution in [1.29, 1.82) is 0 Å². The van der Waals surface area contributed by atoms with Crippen molar-refractivity contribution < 1.29 is 9.90 Å². The lowest BCUT2D eigenvalue weighted by molar-refractivity contribution is -0.153. The predicted molar refractivity (Wildman–Crippen MR) is 77.1 cm³/mol. The highest BCUT2D eigenvalue weighted by molar-refractivity contribution is 5.74. The normalized spacial score (nSPS) is 36.1. The summed E-state index contributed by atoms with van der Waals surface area (Å²) in [4.78, 5) is 14.1. The number of aliphatic carboxylic acids is 1. The van der Waals surface area contributed by atoms with Gasteiger partial charge in [0.05, 0.1) is 5.41 Å².